The van der Waals surface area contributed by atoms with Crippen molar-refractivity contribution in [2.75, 3.05) is 32.4 Å². The molecule has 3 rings (SSSR count). The normalized spacial score (nSPS) is 24.2. The fraction of sp³-hybridized carbons (Fsp3) is 0.611. The van der Waals surface area contributed by atoms with Gasteiger partial charge >= 0.3 is 0 Å². The van der Waals surface area contributed by atoms with E-state index in [1.807, 2.05) is 7.05 Å². The maximum atomic E-state index is 4.53. The minimum absolute atomic E-state index is 0.339. The van der Waals surface area contributed by atoms with Crippen LogP contribution in [0.15, 0.2) is 35.3 Å². The summed E-state index contributed by atoms with van der Waals surface area (Å²) in [6.45, 7) is 5.52. The van der Waals surface area contributed by atoms with Crippen molar-refractivity contribution in [3.8, 4) is 0 Å². The Labute approximate surface area is 138 Å². The average molecular weight is 318 g/mol. The van der Waals surface area contributed by atoms with Crippen LogP contribution in [0.3, 0.4) is 0 Å². The molecule has 1 saturated heterocycles. The molecule has 0 aromatic heterocycles. The minimum Gasteiger partial charge on any atom is -0.355 e. The van der Waals surface area contributed by atoms with Gasteiger partial charge in [0.2, 0.25) is 0 Å². The zero-order chi connectivity index (χ0) is 15.4. The molecule has 120 valence electrons. The molecular weight excluding hydrogens is 290 g/mol. The quantitative estimate of drug-likeness (QED) is 0.683. The molecule has 1 aliphatic heterocycles. The Balaban J connectivity index is 1.60. The van der Waals surface area contributed by atoms with Crippen molar-refractivity contribution >= 4 is 17.7 Å². The largest absolute Gasteiger partial charge is 0.355 e. The standard InChI is InChI=1S/C18H27N3S/c1-3-16-13-21(11-12-22-16)17(19-2)20-14-18(9-10-18)15-7-5-4-6-8-15/h4-8,16H,3,9-14H2,1-2H3,(H,19,20). The second-order valence-corrected chi connectivity index (χ2v) is 7.80. The first-order valence-corrected chi connectivity index (χ1v) is 9.45. The van der Waals surface area contributed by atoms with Crippen LogP contribution in [-0.2, 0) is 5.41 Å². The van der Waals surface area contributed by atoms with Crippen molar-refractivity contribution < 1.29 is 0 Å². The van der Waals surface area contributed by atoms with Crippen LogP contribution < -0.4 is 5.32 Å². The van der Waals surface area contributed by atoms with Crippen molar-refractivity contribution in [3.05, 3.63) is 35.9 Å². The Hall–Kier alpha value is -1.16. The van der Waals surface area contributed by atoms with E-state index in [-0.39, 0.29) is 0 Å². The van der Waals surface area contributed by atoms with Crippen molar-refractivity contribution in [3.63, 3.8) is 0 Å². The molecule has 1 aromatic carbocycles. The molecule has 4 heteroatoms. The van der Waals surface area contributed by atoms with E-state index in [2.05, 4.69) is 64.2 Å². The summed E-state index contributed by atoms with van der Waals surface area (Å²) in [7, 11) is 1.91. The smallest absolute Gasteiger partial charge is 0.193 e. The summed E-state index contributed by atoms with van der Waals surface area (Å²) in [6, 6.07) is 10.9. The molecule has 1 heterocycles. The first-order chi connectivity index (χ1) is 10.8. The number of thioether (sulfide) groups is 1. The van der Waals surface area contributed by atoms with Gasteiger partial charge in [-0.15, -0.1) is 0 Å². The van der Waals surface area contributed by atoms with Gasteiger partial charge in [-0.2, -0.15) is 11.8 Å². The van der Waals surface area contributed by atoms with Gasteiger partial charge in [0.25, 0.3) is 0 Å². The molecular formula is C18H27N3S. The number of rotatable bonds is 4. The Bertz CT molecular complexity index is 510. The SMILES string of the molecule is CCC1CN(C(=NC)NCC2(c3ccccc3)CC2)CCS1. The monoisotopic (exact) mass is 317 g/mol. The number of hydrogen-bond acceptors (Lipinski definition) is 2. The summed E-state index contributed by atoms with van der Waals surface area (Å²) >= 11 is 2.10. The van der Waals surface area contributed by atoms with Gasteiger partial charge in [-0.25, -0.2) is 0 Å². The zero-order valence-electron chi connectivity index (χ0n) is 13.7. The number of aliphatic imine (C=N–C) groups is 1. The third-order valence-corrected chi connectivity index (χ3v) is 6.30. The van der Waals surface area contributed by atoms with Crippen LogP contribution in [-0.4, -0.2) is 48.5 Å². The summed E-state index contributed by atoms with van der Waals surface area (Å²) in [4.78, 5) is 6.96. The predicted octanol–water partition coefficient (Wildman–Crippen LogP) is 3.12. The fourth-order valence-electron chi connectivity index (χ4n) is 3.25. The highest BCUT2D eigenvalue weighted by molar-refractivity contribution is 8.00. The topological polar surface area (TPSA) is 27.6 Å². The van der Waals surface area contributed by atoms with Crippen molar-refractivity contribution in [2.24, 2.45) is 4.99 Å². The highest BCUT2D eigenvalue weighted by atomic mass is 32.2. The van der Waals surface area contributed by atoms with Crippen LogP contribution in [0.2, 0.25) is 0 Å². The Morgan fingerprint density at radius 1 is 1.36 bits per heavy atom. The van der Waals surface area contributed by atoms with Gasteiger partial charge in [-0.3, -0.25) is 4.99 Å². The maximum absolute atomic E-state index is 4.53. The molecule has 0 radical (unpaired) electrons. The number of benzene rings is 1. The third kappa shape index (κ3) is 3.43. The average Bonchev–Trinajstić information content (AvgIpc) is 3.38. The zero-order valence-corrected chi connectivity index (χ0v) is 14.5. The molecule has 0 amide bonds. The van der Waals surface area contributed by atoms with E-state index in [1.54, 1.807) is 0 Å². The molecule has 2 aliphatic rings. The van der Waals surface area contributed by atoms with Gasteiger partial charge in [-0.05, 0) is 24.8 Å². The molecule has 22 heavy (non-hydrogen) atoms. The summed E-state index contributed by atoms with van der Waals surface area (Å²) in [6.07, 6.45) is 3.81. The molecule has 3 nitrogen and oxygen atoms in total. The Morgan fingerprint density at radius 2 is 2.14 bits per heavy atom. The summed E-state index contributed by atoms with van der Waals surface area (Å²) < 4.78 is 0. The first kappa shape index (κ1) is 15.7. The lowest BCUT2D eigenvalue weighted by atomic mass is 9.96. The molecule has 1 unspecified atom stereocenters. The van der Waals surface area contributed by atoms with Crippen molar-refractivity contribution in [2.45, 2.75) is 36.9 Å². The summed E-state index contributed by atoms with van der Waals surface area (Å²) in [5.74, 6) is 2.30. The van der Waals surface area contributed by atoms with Gasteiger partial charge < -0.3 is 10.2 Å². The minimum atomic E-state index is 0.339. The third-order valence-electron chi connectivity index (χ3n) is 4.93. The molecule has 0 bridgehead atoms. The maximum Gasteiger partial charge on any atom is 0.193 e. The van der Waals surface area contributed by atoms with Crippen LogP contribution in [0.25, 0.3) is 0 Å². The number of nitrogens with one attached hydrogen (secondary N) is 1. The second kappa shape index (κ2) is 6.95. The molecule has 1 N–H and O–H groups in total. The predicted molar refractivity (Wildman–Crippen MR) is 96.8 cm³/mol. The number of hydrogen-bond donors (Lipinski definition) is 1. The lowest BCUT2D eigenvalue weighted by molar-refractivity contribution is 0.405. The lowest BCUT2D eigenvalue weighted by Crippen LogP contribution is -2.49. The van der Waals surface area contributed by atoms with E-state index in [0.29, 0.717) is 5.41 Å². The Morgan fingerprint density at radius 3 is 2.77 bits per heavy atom. The number of guanidine groups is 1. The van der Waals surface area contributed by atoms with Gasteiger partial charge in [0.15, 0.2) is 5.96 Å². The van der Waals surface area contributed by atoms with Crippen LogP contribution in [0.4, 0.5) is 0 Å². The van der Waals surface area contributed by atoms with Crippen LogP contribution in [0, 0.1) is 0 Å². The van der Waals surface area contributed by atoms with Crippen LogP contribution in [0.1, 0.15) is 31.7 Å². The molecule has 1 saturated carbocycles. The molecule has 1 aromatic rings. The van der Waals surface area contributed by atoms with Gasteiger partial charge in [-0.1, -0.05) is 37.3 Å². The van der Waals surface area contributed by atoms with E-state index in [9.17, 15) is 0 Å². The van der Waals surface area contributed by atoms with E-state index in [4.69, 9.17) is 0 Å². The van der Waals surface area contributed by atoms with Gasteiger partial charge in [0.05, 0.1) is 0 Å². The van der Waals surface area contributed by atoms with E-state index >= 15 is 0 Å². The second-order valence-electron chi connectivity index (χ2n) is 6.39. The first-order valence-electron chi connectivity index (χ1n) is 8.40. The summed E-state index contributed by atoms with van der Waals surface area (Å²) in [5, 5.41) is 4.40. The number of nitrogens with zero attached hydrogens (tertiary/aromatic N) is 2. The van der Waals surface area contributed by atoms with E-state index in [0.717, 1.165) is 30.8 Å². The molecule has 2 fully saturated rings. The summed E-state index contributed by atoms with van der Waals surface area (Å²) in [5.41, 5.74) is 1.81. The van der Waals surface area contributed by atoms with E-state index in [1.165, 1.54) is 30.6 Å². The van der Waals surface area contributed by atoms with Crippen molar-refractivity contribution in [1.82, 2.24) is 10.2 Å². The fourth-order valence-corrected chi connectivity index (χ4v) is 4.43. The highest BCUT2D eigenvalue weighted by Crippen LogP contribution is 2.47. The van der Waals surface area contributed by atoms with Crippen molar-refractivity contribution in [1.29, 1.82) is 0 Å². The molecule has 0 spiro atoms. The molecule has 1 aliphatic carbocycles. The van der Waals surface area contributed by atoms with E-state index < -0.39 is 0 Å². The van der Waals surface area contributed by atoms with Gasteiger partial charge in [0.1, 0.15) is 0 Å². The molecule has 1 atom stereocenters. The Kier molecular flexibility index (Phi) is 4.97. The highest BCUT2D eigenvalue weighted by Gasteiger charge is 2.44. The van der Waals surface area contributed by atoms with Gasteiger partial charge in [0, 0.05) is 43.1 Å². The lowest BCUT2D eigenvalue weighted by Gasteiger charge is -2.35. The van der Waals surface area contributed by atoms with Crippen LogP contribution in [0.5, 0.6) is 0 Å². The van der Waals surface area contributed by atoms with Crippen LogP contribution >= 0.6 is 11.8 Å².